The number of aliphatic hydroxyl groups excluding tert-OH is 1. The predicted molar refractivity (Wildman–Crippen MR) is 55.7 cm³/mol. The summed E-state index contributed by atoms with van der Waals surface area (Å²) in [5.74, 6) is 0.386. The summed E-state index contributed by atoms with van der Waals surface area (Å²) in [4.78, 5) is 0. The van der Waals surface area contributed by atoms with E-state index in [0.717, 1.165) is 18.4 Å². The lowest BCUT2D eigenvalue weighted by Gasteiger charge is -2.19. The van der Waals surface area contributed by atoms with Crippen molar-refractivity contribution in [3.8, 4) is 0 Å². The fourth-order valence-corrected chi connectivity index (χ4v) is 1.49. The van der Waals surface area contributed by atoms with Crippen molar-refractivity contribution in [1.29, 1.82) is 0 Å². The highest BCUT2D eigenvalue weighted by molar-refractivity contribution is 5.01. The molecule has 0 heterocycles. The Hall–Kier alpha value is -0.340. The average molecular weight is 186 g/mol. The lowest BCUT2D eigenvalue weighted by atomic mass is 9.98. The third-order valence-electron chi connectivity index (χ3n) is 2.26. The Balaban J connectivity index is 4.11. The zero-order valence-electron chi connectivity index (χ0n) is 9.21. The van der Waals surface area contributed by atoms with Gasteiger partial charge in [-0.15, -0.1) is 0 Å². The molecular weight excluding hydrogens is 164 g/mol. The zero-order valence-corrected chi connectivity index (χ0v) is 9.21. The summed E-state index contributed by atoms with van der Waals surface area (Å²) in [7, 11) is 1.75. The number of ether oxygens (including phenoxy) is 1. The monoisotopic (exact) mass is 186 g/mol. The van der Waals surface area contributed by atoms with Crippen LogP contribution in [0.4, 0.5) is 0 Å². The topological polar surface area (TPSA) is 29.5 Å². The van der Waals surface area contributed by atoms with Crippen molar-refractivity contribution in [3.05, 3.63) is 11.6 Å². The van der Waals surface area contributed by atoms with E-state index in [1.807, 2.05) is 6.92 Å². The highest BCUT2D eigenvalue weighted by atomic mass is 16.5. The zero-order chi connectivity index (χ0) is 10.3. The lowest BCUT2D eigenvalue weighted by molar-refractivity contribution is 0.0662. The van der Waals surface area contributed by atoms with Gasteiger partial charge in [0, 0.05) is 13.0 Å². The van der Waals surface area contributed by atoms with Crippen LogP contribution in [0.1, 0.15) is 33.6 Å². The Bertz CT molecular complexity index is 152. The average Bonchev–Trinajstić information content (AvgIpc) is 2.13. The molecule has 0 rings (SSSR count). The fraction of sp³-hybridized carbons (Fsp3) is 0.818. The smallest absolute Gasteiger partial charge is 0.0639 e. The molecule has 1 N–H and O–H groups in total. The van der Waals surface area contributed by atoms with E-state index in [9.17, 15) is 0 Å². The number of hydrogen-bond donors (Lipinski definition) is 1. The highest BCUT2D eigenvalue weighted by Gasteiger charge is 2.13. The Morgan fingerprint density at radius 2 is 2.15 bits per heavy atom. The van der Waals surface area contributed by atoms with Crippen LogP contribution in [0.2, 0.25) is 0 Å². The van der Waals surface area contributed by atoms with Gasteiger partial charge >= 0.3 is 0 Å². The van der Waals surface area contributed by atoms with Gasteiger partial charge in [0.2, 0.25) is 0 Å². The van der Waals surface area contributed by atoms with Gasteiger partial charge in [-0.2, -0.15) is 0 Å². The van der Waals surface area contributed by atoms with Crippen molar-refractivity contribution >= 4 is 0 Å². The standard InChI is InChI=1S/C11H22O2/c1-5-6-11(13-4)10(3)7-9(2)8-12/h7,10-12H,5-6,8H2,1-4H3/b9-7+. The summed E-state index contributed by atoms with van der Waals surface area (Å²) in [5, 5.41) is 8.86. The van der Waals surface area contributed by atoms with Crippen LogP contribution in [0, 0.1) is 5.92 Å². The normalized spacial score (nSPS) is 17.2. The molecule has 0 spiro atoms. The first-order valence-electron chi connectivity index (χ1n) is 4.96. The third kappa shape index (κ3) is 5.06. The summed E-state index contributed by atoms with van der Waals surface area (Å²) in [6.45, 7) is 6.37. The molecule has 0 aliphatic heterocycles. The summed E-state index contributed by atoms with van der Waals surface area (Å²) < 4.78 is 5.37. The van der Waals surface area contributed by atoms with Crippen molar-refractivity contribution in [2.75, 3.05) is 13.7 Å². The summed E-state index contributed by atoms with van der Waals surface area (Å²) in [6, 6.07) is 0. The minimum absolute atomic E-state index is 0.146. The molecule has 0 saturated carbocycles. The highest BCUT2D eigenvalue weighted by Crippen LogP contribution is 2.15. The summed E-state index contributed by atoms with van der Waals surface area (Å²) in [5.41, 5.74) is 1.02. The second-order valence-electron chi connectivity index (χ2n) is 3.59. The van der Waals surface area contributed by atoms with Gasteiger partial charge in [0.15, 0.2) is 0 Å². The number of hydrogen-bond acceptors (Lipinski definition) is 2. The van der Waals surface area contributed by atoms with E-state index < -0.39 is 0 Å². The van der Waals surface area contributed by atoms with Gasteiger partial charge in [0.05, 0.1) is 12.7 Å². The lowest BCUT2D eigenvalue weighted by Crippen LogP contribution is -2.18. The van der Waals surface area contributed by atoms with Gasteiger partial charge in [-0.1, -0.05) is 31.9 Å². The van der Waals surface area contributed by atoms with E-state index in [1.165, 1.54) is 0 Å². The first kappa shape index (κ1) is 12.7. The van der Waals surface area contributed by atoms with E-state index >= 15 is 0 Å². The van der Waals surface area contributed by atoms with Gasteiger partial charge in [-0.25, -0.2) is 0 Å². The molecule has 78 valence electrons. The molecule has 0 saturated heterocycles. The molecule has 0 fully saturated rings. The van der Waals surface area contributed by atoms with Crippen molar-refractivity contribution in [2.24, 2.45) is 5.92 Å². The largest absolute Gasteiger partial charge is 0.392 e. The molecule has 0 amide bonds. The minimum atomic E-state index is 0.146. The molecule has 2 heteroatoms. The Labute approximate surface area is 81.6 Å². The summed E-state index contributed by atoms with van der Waals surface area (Å²) >= 11 is 0. The molecule has 0 aliphatic rings. The molecule has 2 unspecified atom stereocenters. The van der Waals surface area contributed by atoms with Crippen molar-refractivity contribution in [1.82, 2.24) is 0 Å². The third-order valence-corrected chi connectivity index (χ3v) is 2.26. The molecule has 0 aromatic heterocycles. The molecule has 0 aromatic rings. The maximum absolute atomic E-state index is 8.86. The van der Waals surface area contributed by atoms with Crippen LogP contribution in [0.25, 0.3) is 0 Å². The van der Waals surface area contributed by atoms with Crippen molar-refractivity contribution < 1.29 is 9.84 Å². The molecule has 13 heavy (non-hydrogen) atoms. The molecule has 0 radical (unpaired) electrons. The predicted octanol–water partition coefficient (Wildman–Crippen LogP) is 2.38. The molecular formula is C11H22O2. The maximum atomic E-state index is 8.86. The second kappa shape index (κ2) is 7.10. The van der Waals surface area contributed by atoms with E-state index in [1.54, 1.807) is 7.11 Å². The van der Waals surface area contributed by atoms with Gasteiger partial charge in [-0.05, 0) is 13.3 Å². The quantitative estimate of drug-likeness (QED) is 0.645. The van der Waals surface area contributed by atoms with E-state index in [2.05, 4.69) is 19.9 Å². The first-order valence-corrected chi connectivity index (χ1v) is 4.96. The van der Waals surface area contributed by atoms with E-state index in [4.69, 9.17) is 9.84 Å². The molecule has 0 aliphatic carbocycles. The number of rotatable bonds is 6. The SMILES string of the molecule is CCCC(OC)C(C)/C=C(\C)CO. The van der Waals surface area contributed by atoms with Gasteiger partial charge < -0.3 is 9.84 Å². The van der Waals surface area contributed by atoms with Crippen molar-refractivity contribution in [3.63, 3.8) is 0 Å². The number of aliphatic hydroxyl groups is 1. The minimum Gasteiger partial charge on any atom is -0.392 e. The van der Waals surface area contributed by atoms with Crippen LogP contribution >= 0.6 is 0 Å². The Morgan fingerprint density at radius 1 is 1.54 bits per heavy atom. The second-order valence-corrected chi connectivity index (χ2v) is 3.59. The van der Waals surface area contributed by atoms with Crippen LogP contribution in [0.5, 0.6) is 0 Å². The van der Waals surface area contributed by atoms with Gasteiger partial charge in [0.1, 0.15) is 0 Å². The first-order chi connectivity index (χ1) is 6.15. The van der Waals surface area contributed by atoms with Crippen LogP contribution in [0.3, 0.4) is 0 Å². The Morgan fingerprint density at radius 3 is 2.54 bits per heavy atom. The fourth-order valence-electron chi connectivity index (χ4n) is 1.49. The molecule has 0 aromatic carbocycles. The van der Waals surface area contributed by atoms with Crippen LogP contribution < -0.4 is 0 Å². The Kier molecular flexibility index (Phi) is 6.92. The molecule has 2 nitrogen and oxygen atoms in total. The molecule has 0 bridgehead atoms. The summed E-state index contributed by atoms with van der Waals surface area (Å²) in [6.07, 6.45) is 4.58. The maximum Gasteiger partial charge on any atom is 0.0639 e. The van der Waals surface area contributed by atoms with Crippen LogP contribution in [0.15, 0.2) is 11.6 Å². The van der Waals surface area contributed by atoms with Gasteiger partial charge in [-0.3, -0.25) is 0 Å². The van der Waals surface area contributed by atoms with E-state index in [-0.39, 0.29) is 12.7 Å². The molecule has 2 atom stereocenters. The van der Waals surface area contributed by atoms with Crippen LogP contribution in [-0.4, -0.2) is 24.9 Å². The number of methoxy groups -OCH3 is 1. The van der Waals surface area contributed by atoms with E-state index in [0.29, 0.717) is 5.92 Å². The van der Waals surface area contributed by atoms with Gasteiger partial charge in [0.25, 0.3) is 0 Å². The van der Waals surface area contributed by atoms with Crippen LogP contribution in [-0.2, 0) is 4.74 Å². The van der Waals surface area contributed by atoms with Crippen molar-refractivity contribution in [2.45, 2.75) is 39.7 Å².